The first-order valence-electron chi connectivity index (χ1n) is 4.78. The molecule has 2 aromatic rings. The molecule has 0 aromatic carbocycles. The minimum atomic E-state index is 0.122. The van der Waals surface area contributed by atoms with E-state index in [0.717, 1.165) is 15.5 Å². The summed E-state index contributed by atoms with van der Waals surface area (Å²) in [7, 11) is 0. The van der Waals surface area contributed by atoms with Crippen molar-refractivity contribution in [2.45, 2.75) is 13.0 Å². The number of hydrogen-bond donors (Lipinski definition) is 3. The standard InChI is InChI=1S/C9H11BrClN5/c1-4(2-12)14-8-7-6(5(10)3-13-7)15-9(11)16-8/h3-4,13H,2,12H2,1H3,(H,14,15,16)/t4-/m0/s1. The third-order valence-electron chi connectivity index (χ3n) is 2.19. The Morgan fingerprint density at radius 1 is 1.62 bits per heavy atom. The Bertz CT molecular complexity index is 512. The molecule has 0 saturated carbocycles. The lowest BCUT2D eigenvalue weighted by atomic mass is 10.3. The van der Waals surface area contributed by atoms with Crippen LogP contribution in [-0.2, 0) is 0 Å². The zero-order valence-electron chi connectivity index (χ0n) is 8.59. The number of aromatic nitrogens is 3. The number of fused-ring (bicyclic) bond motifs is 1. The van der Waals surface area contributed by atoms with Crippen LogP contribution >= 0.6 is 27.5 Å². The first-order valence-corrected chi connectivity index (χ1v) is 5.95. The predicted molar refractivity (Wildman–Crippen MR) is 68.7 cm³/mol. The van der Waals surface area contributed by atoms with Crippen LogP contribution in [-0.4, -0.2) is 27.5 Å². The number of nitrogens with two attached hydrogens (primary N) is 1. The number of anilines is 1. The molecule has 0 aliphatic rings. The fourth-order valence-electron chi connectivity index (χ4n) is 1.34. The van der Waals surface area contributed by atoms with Crippen LogP contribution in [0.5, 0.6) is 0 Å². The second-order valence-electron chi connectivity index (χ2n) is 3.48. The summed E-state index contributed by atoms with van der Waals surface area (Å²) in [6.07, 6.45) is 1.80. The van der Waals surface area contributed by atoms with E-state index in [0.29, 0.717) is 12.4 Å². The molecule has 4 N–H and O–H groups in total. The minimum absolute atomic E-state index is 0.122. The summed E-state index contributed by atoms with van der Waals surface area (Å²) in [5.74, 6) is 0.665. The maximum atomic E-state index is 5.85. The molecule has 0 bridgehead atoms. The summed E-state index contributed by atoms with van der Waals surface area (Å²) in [5, 5.41) is 3.38. The first-order chi connectivity index (χ1) is 7.61. The van der Waals surface area contributed by atoms with Crippen molar-refractivity contribution in [1.82, 2.24) is 15.0 Å². The van der Waals surface area contributed by atoms with Crippen LogP contribution < -0.4 is 11.1 Å². The van der Waals surface area contributed by atoms with Gasteiger partial charge in [-0.3, -0.25) is 0 Å². The van der Waals surface area contributed by atoms with Gasteiger partial charge in [0.1, 0.15) is 11.0 Å². The number of rotatable bonds is 3. The number of aromatic amines is 1. The van der Waals surface area contributed by atoms with Crippen molar-refractivity contribution in [1.29, 1.82) is 0 Å². The van der Waals surface area contributed by atoms with Crippen LogP contribution in [0.2, 0.25) is 5.28 Å². The van der Waals surface area contributed by atoms with Gasteiger partial charge >= 0.3 is 0 Å². The van der Waals surface area contributed by atoms with E-state index in [1.807, 2.05) is 6.92 Å². The lowest BCUT2D eigenvalue weighted by molar-refractivity contribution is 0.799. The van der Waals surface area contributed by atoms with Crippen LogP contribution in [0.15, 0.2) is 10.7 Å². The normalized spacial score (nSPS) is 13.0. The Kier molecular flexibility index (Phi) is 3.32. The van der Waals surface area contributed by atoms with E-state index in [9.17, 15) is 0 Å². The van der Waals surface area contributed by atoms with Gasteiger partial charge in [0.15, 0.2) is 5.82 Å². The second kappa shape index (κ2) is 4.57. The Morgan fingerprint density at radius 2 is 2.38 bits per heavy atom. The predicted octanol–water partition coefficient (Wildman–Crippen LogP) is 2.13. The monoisotopic (exact) mass is 303 g/mol. The van der Waals surface area contributed by atoms with Crippen molar-refractivity contribution in [3.05, 3.63) is 16.0 Å². The smallest absolute Gasteiger partial charge is 0.225 e. The molecule has 7 heteroatoms. The summed E-state index contributed by atoms with van der Waals surface area (Å²) < 4.78 is 0.857. The molecular formula is C9H11BrClN5. The Hall–Kier alpha value is -0.850. The molecular weight excluding hydrogens is 293 g/mol. The van der Waals surface area contributed by atoms with Crippen LogP contribution in [0.4, 0.5) is 5.82 Å². The summed E-state index contributed by atoms with van der Waals surface area (Å²) >= 11 is 9.24. The van der Waals surface area contributed by atoms with Crippen molar-refractivity contribution < 1.29 is 0 Å². The molecule has 2 heterocycles. The SMILES string of the molecule is C[C@@H](CN)Nc1nc(Cl)nc2c(Br)c[nH]c12. The fourth-order valence-corrected chi connectivity index (χ4v) is 1.91. The summed E-state index contributed by atoms with van der Waals surface area (Å²) in [6, 6.07) is 0.122. The van der Waals surface area contributed by atoms with Gasteiger partial charge in [-0.05, 0) is 34.5 Å². The van der Waals surface area contributed by atoms with Crippen molar-refractivity contribution >= 4 is 44.4 Å². The fraction of sp³-hybridized carbons (Fsp3) is 0.333. The second-order valence-corrected chi connectivity index (χ2v) is 4.67. The lowest BCUT2D eigenvalue weighted by Crippen LogP contribution is -2.25. The zero-order valence-corrected chi connectivity index (χ0v) is 10.9. The van der Waals surface area contributed by atoms with Gasteiger partial charge < -0.3 is 16.0 Å². The highest BCUT2D eigenvalue weighted by Crippen LogP contribution is 2.27. The van der Waals surface area contributed by atoms with E-state index in [2.05, 4.69) is 36.2 Å². The molecule has 0 saturated heterocycles. The molecule has 16 heavy (non-hydrogen) atoms. The molecule has 0 fully saturated rings. The molecule has 0 spiro atoms. The third kappa shape index (κ3) is 2.14. The van der Waals surface area contributed by atoms with Crippen molar-refractivity contribution in [2.75, 3.05) is 11.9 Å². The van der Waals surface area contributed by atoms with Gasteiger partial charge in [0.2, 0.25) is 5.28 Å². The maximum absolute atomic E-state index is 5.85. The molecule has 5 nitrogen and oxygen atoms in total. The summed E-state index contributed by atoms with van der Waals surface area (Å²) in [4.78, 5) is 11.4. The Labute approximate surface area is 106 Å². The van der Waals surface area contributed by atoms with Crippen LogP contribution in [0.25, 0.3) is 11.0 Å². The van der Waals surface area contributed by atoms with Gasteiger partial charge in [-0.2, -0.15) is 4.98 Å². The molecule has 2 rings (SSSR count). The number of nitrogens with one attached hydrogen (secondary N) is 2. The van der Waals surface area contributed by atoms with Gasteiger partial charge in [-0.1, -0.05) is 0 Å². The molecule has 0 unspecified atom stereocenters. The van der Waals surface area contributed by atoms with Crippen LogP contribution in [0.1, 0.15) is 6.92 Å². The zero-order chi connectivity index (χ0) is 11.7. The Morgan fingerprint density at radius 3 is 3.06 bits per heavy atom. The van der Waals surface area contributed by atoms with Gasteiger partial charge in [0.25, 0.3) is 0 Å². The van der Waals surface area contributed by atoms with E-state index >= 15 is 0 Å². The summed E-state index contributed by atoms with van der Waals surface area (Å²) in [6.45, 7) is 2.49. The van der Waals surface area contributed by atoms with Gasteiger partial charge in [0, 0.05) is 18.8 Å². The van der Waals surface area contributed by atoms with Crippen LogP contribution in [0, 0.1) is 0 Å². The molecule has 0 amide bonds. The maximum Gasteiger partial charge on any atom is 0.225 e. The number of nitrogens with zero attached hydrogens (tertiary/aromatic N) is 2. The van der Waals surface area contributed by atoms with E-state index in [1.54, 1.807) is 6.20 Å². The highest BCUT2D eigenvalue weighted by atomic mass is 79.9. The molecule has 0 aliphatic heterocycles. The molecule has 0 radical (unpaired) electrons. The summed E-state index contributed by atoms with van der Waals surface area (Å²) in [5.41, 5.74) is 7.12. The molecule has 86 valence electrons. The van der Waals surface area contributed by atoms with E-state index in [1.165, 1.54) is 0 Å². The van der Waals surface area contributed by atoms with Gasteiger partial charge in [-0.25, -0.2) is 4.98 Å². The molecule has 2 aromatic heterocycles. The topological polar surface area (TPSA) is 79.6 Å². The average Bonchev–Trinajstić information content (AvgIpc) is 2.60. The highest BCUT2D eigenvalue weighted by Gasteiger charge is 2.12. The van der Waals surface area contributed by atoms with Crippen molar-refractivity contribution in [3.63, 3.8) is 0 Å². The Balaban J connectivity index is 2.51. The number of H-pyrrole nitrogens is 1. The van der Waals surface area contributed by atoms with Crippen molar-refractivity contribution in [2.24, 2.45) is 5.73 Å². The lowest BCUT2D eigenvalue weighted by Gasteiger charge is -2.12. The molecule has 0 aliphatic carbocycles. The van der Waals surface area contributed by atoms with E-state index in [-0.39, 0.29) is 11.3 Å². The van der Waals surface area contributed by atoms with Gasteiger partial charge in [0.05, 0.1) is 4.47 Å². The minimum Gasteiger partial charge on any atom is -0.364 e. The number of hydrogen-bond acceptors (Lipinski definition) is 4. The molecule has 1 atom stereocenters. The van der Waals surface area contributed by atoms with Gasteiger partial charge in [-0.15, -0.1) is 0 Å². The largest absolute Gasteiger partial charge is 0.364 e. The average molecular weight is 305 g/mol. The van der Waals surface area contributed by atoms with Crippen molar-refractivity contribution in [3.8, 4) is 0 Å². The quantitative estimate of drug-likeness (QED) is 0.759. The van der Waals surface area contributed by atoms with Crippen LogP contribution in [0.3, 0.4) is 0 Å². The first kappa shape index (κ1) is 11.6. The number of halogens is 2. The third-order valence-corrected chi connectivity index (χ3v) is 2.96. The van der Waals surface area contributed by atoms with E-state index < -0.39 is 0 Å². The van der Waals surface area contributed by atoms with E-state index in [4.69, 9.17) is 17.3 Å². The highest BCUT2D eigenvalue weighted by molar-refractivity contribution is 9.10.